The van der Waals surface area contributed by atoms with Crippen molar-refractivity contribution < 1.29 is 4.79 Å². The summed E-state index contributed by atoms with van der Waals surface area (Å²) in [4.78, 5) is 12.8. The lowest BCUT2D eigenvalue weighted by Crippen LogP contribution is -2.17. The monoisotopic (exact) mass is 255 g/mol. The summed E-state index contributed by atoms with van der Waals surface area (Å²) in [5, 5.41) is 0. The van der Waals surface area contributed by atoms with Crippen LogP contribution in [0.5, 0.6) is 0 Å². The maximum atomic E-state index is 10.6. The first kappa shape index (κ1) is 11.2. The number of halogens is 1. The van der Waals surface area contributed by atoms with Gasteiger partial charge in [-0.05, 0) is 40.5 Å². The van der Waals surface area contributed by atoms with Crippen LogP contribution in [0.2, 0.25) is 0 Å². The van der Waals surface area contributed by atoms with Gasteiger partial charge >= 0.3 is 0 Å². The van der Waals surface area contributed by atoms with E-state index in [2.05, 4.69) is 27.8 Å². The molecule has 14 heavy (non-hydrogen) atoms. The number of benzene rings is 1. The summed E-state index contributed by atoms with van der Waals surface area (Å²) in [6.45, 7) is 3.16. The van der Waals surface area contributed by atoms with Crippen LogP contribution in [0, 0.1) is 0 Å². The fourth-order valence-corrected chi connectivity index (χ4v) is 1.77. The van der Waals surface area contributed by atoms with E-state index in [0.29, 0.717) is 5.56 Å². The Morgan fingerprint density at radius 3 is 2.71 bits per heavy atom. The Morgan fingerprint density at radius 2 is 2.21 bits per heavy atom. The lowest BCUT2D eigenvalue weighted by Gasteiger charge is -2.18. The van der Waals surface area contributed by atoms with Gasteiger partial charge in [-0.1, -0.05) is 6.92 Å². The molecule has 1 aromatic carbocycles. The smallest absolute Gasteiger partial charge is 0.151 e. The zero-order chi connectivity index (χ0) is 10.6. The predicted octanol–water partition coefficient (Wildman–Crippen LogP) is 3.11. The molecule has 0 atom stereocenters. The quantitative estimate of drug-likeness (QED) is 0.771. The number of hydrogen-bond donors (Lipinski definition) is 0. The summed E-state index contributed by atoms with van der Waals surface area (Å²) in [5.41, 5.74) is 1.82. The zero-order valence-corrected chi connectivity index (χ0v) is 10.0. The second kappa shape index (κ2) is 5.15. The van der Waals surface area contributed by atoms with E-state index in [9.17, 15) is 4.79 Å². The molecule has 0 bridgehead atoms. The van der Waals surface area contributed by atoms with E-state index in [0.717, 1.165) is 29.4 Å². The van der Waals surface area contributed by atoms with Crippen molar-refractivity contribution in [2.24, 2.45) is 0 Å². The van der Waals surface area contributed by atoms with Crippen molar-refractivity contribution >= 4 is 27.9 Å². The van der Waals surface area contributed by atoms with Crippen LogP contribution in [0.3, 0.4) is 0 Å². The van der Waals surface area contributed by atoms with E-state index in [4.69, 9.17) is 0 Å². The van der Waals surface area contributed by atoms with Crippen LogP contribution in [0.25, 0.3) is 0 Å². The molecule has 0 saturated carbocycles. The molecule has 0 fully saturated rings. The summed E-state index contributed by atoms with van der Waals surface area (Å²) in [6.07, 6.45) is 1.97. The van der Waals surface area contributed by atoms with Crippen LogP contribution < -0.4 is 4.90 Å². The highest BCUT2D eigenvalue weighted by molar-refractivity contribution is 9.10. The number of rotatable bonds is 4. The first-order chi connectivity index (χ1) is 6.69. The third-order valence-electron chi connectivity index (χ3n) is 2.11. The zero-order valence-electron chi connectivity index (χ0n) is 8.46. The van der Waals surface area contributed by atoms with Gasteiger partial charge in [-0.3, -0.25) is 4.79 Å². The second-order valence-electron chi connectivity index (χ2n) is 3.25. The molecule has 0 heterocycles. The molecule has 1 rings (SSSR count). The van der Waals surface area contributed by atoms with Crippen molar-refractivity contribution in [3.63, 3.8) is 0 Å². The van der Waals surface area contributed by atoms with Crippen LogP contribution in [0.1, 0.15) is 23.7 Å². The number of aldehydes is 1. The highest BCUT2D eigenvalue weighted by Crippen LogP contribution is 2.22. The third-order valence-corrected chi connectivity index (χ3v) is 2.80. The van der Waals surface area contributed by atoms with E-state index in [1.54, 1.807) is 0 Å². The van der Waals surface area contributed by atoms with Crippen molar-refractivity contribution in [1.29, 1.82) is 0 Å². The Balaban J connectivity index is 2.90. The maximum absolute atomic E-state index is 10.6. The lowest BCUT2D eigenvalue weighted by molar-refractivity contribution is 0.112. The maximum Gasteiger partial charge on any atom is 0.151 e. The van der Waals surface area contributed by atoms with Crippen molar-refractivity contribution in [3.8, 4) is 0 Å². The Kier molecular flexibility index (Phi) is 4.14. The minimum absolute atomic E-state index is 0.693. The third kappa shape index (κ3) is 2.58. The molecule has 0 aliphatic rings. The van der Waals surface area contributed by atoms with E-state index in [1.165, 1.54) is 0 Å². The van der Waals surface area contributed by atoms with Crippen molar-refractivity contribution in [2.75, 3.05) is 18.5 Å². The normalized spacial score (nSPS) is 9.93. The largest absolute Gasteiger partial charge is 0.375 e. The first-order valence-corrected chi connectivity index (χ1v) is 5.44. The molecule has 3 heteroatoms. The van der Waals surface area contributed by atoms with Gasteiger partial charge in [-0.2, -0.15) is 0 Å². The number of anilines is 1. The van der Waals surface area contributed by atoms with E-state index in [-0.39, 0.29) is 0 Å². The van der Waals surface area contributed by atoms with E-state index in [1.807, 2.05) is 25.2 Å². The van der Waals surface area contributed by atoms with E-state index >= 15 is 0 Å². The van der Waals surface area contributed by atoms with Gasteiger partial charge < -0.3 is 4.90 Å². The van der Waals surface area contributed by atoms with Gasteiger partial charge in [0.15, 0.2) is 6.29 Å². The second-order valence-corrected chi connectivity index (χ2v) is 4.10. The molecule has 76 valence electrons. The van der Waals surface area contributed by atoms with Crippen molar-refractivity contribution in [2.45, 2.75) is 13.3 Å². The van der Waals surface area contributed by atoms with Gasteiger partial charge in [-0.25, -0.2) is 0 Å². The average Bonchev–Trinajstić information content (AvgIpc) is 2.18. The molecule has 0 aliphatic carbocycles. The standard InChI is InChI=1S/C11H14BrNO/c1-3-6-13(2)10-5-4-9(8-14)11(12)7-10/h4-5,7-8H,3,6H2,1-2H3. The average molecular weight is 256 g/mol. The number of carbonyl (C=O) groups is 1. The molecule has 0 unspecified atom stereocenters. The van der Waals surface area contributed by atoms with Gasteiger partial charge in [0.2, 0.25) is 0 Å². The van der Waals surface area contributed by atoms with Gasteiger partial charge in [0.05, 0.1) is 0 Å². The van der Waals surface area contributed by atoms with Gasteiger partial charge in [0.25, 0.3) is 0 Å². The summed E-state index contributed by atoms with van der Waals surface area (Å²) in [6, 6.07) is 5.77. The topological polar surface area (TPSA) is 20.3 Å². The minimum Gasteiger partial charge on any atom is -0.375 e. The number of carbonyl (C=O) groups excluding carboxylic acids is 1. The summed E-state index contributed by atoms with van der Waals surface area (Å²) in [5.74, 6) is 0. The van der Waals surface area contributed by atoms with E-state index < -0.39 is 0 Å². The molecular formula is C11H14BrNO. The molecule has 0 amide bonds. The fraction of sp³-hybridized carbons (Fsp3) is 0.364. The van der Waals surface area contributed by atoms with Crippen LogP contribution >= 0.6 is 15.9 Å². The van der Waals surface area contributed by atoms with Crippen LogP contribution in [0.4, 0.5) is 5.69 Å². The SMILES string of the molecule is CCCN(C)c1ccc(C=O)c(Br)c1. The molecule has 0 radical (unpaired) electrons. The molecule has 1 aromatic rings. The Hall–Kier alpha value is -0.830. The predicted molar refractivity (Wildman–Crippen MR) is 63.1 cm³/mol. The number of nitrogens with zero attached hydrogens (tertiary/aromatic N) is 1. The van der Waals surface area contributed by atoms with Crippen LogP contribution in [-0.4, -0.2) is 19.9 Å². The van der Waals surface area contributed by atoms with Crippen LogP contribution in [0.15, 0.2) is 22.7 Å². The highest BCUT2D eigenvalue weighted by Gasteiger charge is 2.03. The number of hydrogen-bond acceptors (Lipinski definition) is 2. The Morgan fingerprint density at radius 1 is 1.50 bits per heavy atom. The van der Waals surface area contributed by atoms with Crippen molar-refractivity contribution in [1.82, 2.24) is 0 Å². The molecule has 0 aliphatic heterocycles. The summed E-state index contributed by atoms with van der Waals surface area (Å²) in [7, 11) is 2.05. The summed E-state index contributed by atoms with van der Waals surface area (Å²) >= 11 is 3.37. The molecule has 2 nitrogen and oxygen atoms in total. The fourth-order valence-electron chi connectivity index (χ4n) is 1.31. The molecule has 0 saturated heterocycles. The Bertz CT molecular complexity index is 325. The first-order valence-electron chi connectivity index (χ1n) is 4.65. The van der Waals surface area contributed by atoms with Gasteiger partial charge in [-0.15, -0.1) is 0 Å². The molecular weight excluding hydrogens is 242 g/mol. The minimum atomic E-state index is 0.693. The lowest BCUT2D eigenvalue weighted by atomic mass is 10.2. The summed E-state index contributed by atoms with van der Waals surface area (Å²) < 4.78 is 0.855. The highest BCUT2D eigenvalue weighted by atomic mass is 79.9. The van der Waals surface area contributed by atoms with Gasteiger partial charge in [0.1, 0.15) is 0 Å². The van der Waals surface area contributed by atoms with Crippen molar-refractivity contribution in [3.05, 3.63) is 28.2 Å². The Labute approximate surface area is 93.0 Å². The molecule has 0 aromatic heterocycles. The van der Waals surface area contributed by atoms with Gasteiger partial charge in [0, 0.05) is 29.3 Å². The van der Waals surface area contributed by atoms with Crippen LogP contribution in [-0.2, 0) is 0 Å². The molecule has 0 spiro atoms. The molecule has 0 N–H and O–H groups in total.